The van der Waals surface area contributed by atoms with Gasteiger partial charge in [0.1, 0.15) is 36.6 Å². The maximum atomic E-state index is 13.1. The van der Waals surface area contributed by atoms with Gasteiger partial charge in [0.2, 0.25) is 5.91 Å². The number of carbonyl (C=O) groups is 1. The standard InChI is InChI=1S/C54H105NO10/c1-3-5-7-9-11-13-15-16-17-18-19-20-21-22-23-24-25-26-27-28-29-30-31-32-34-36-38-40-42-47(58)53(63)55-45(44-64-54-52(62)51(61)50(60)48(43-56)65-54)49(59)46(57)41-39-37-35-33-14-12-10-8-6-4-2/h22-23,45-52,54,56-62H,3-21,24-44H2,1-2H3,(H,55,63)/b23-22-. The fraction of sp³-hybridized carbons (Fsp3) is 0.944. The lowest BCUT2D eigenvalue weighted by atomic mass is 9.98. The predicted molar refractivity (Wildman–Crippen MR) is 266 cm³/mol. The summed E-state index contributed by atoms with van der Waals surface area (Å²) < 4.78 is 11.1. The zero-order valence-corrected chi connectivity index (χ0v) is 42.0. The Hall–Kier alpha value is -1.15. The molecule has 0 bridgehead atoms. The number of nitrogens with one attached hydrogen (secondary N) is 1. The van der Waals surface area contributed by atoms with Gasteiger partial charge < -0.3 is 50.5 Å². The van der Waals surface area contributed by atoms with Crippen molar-refractivity contribution in [3.05, 3.63) is 12.2 Å². The number of carbonyl (C=O) groups excluding carboxylic acids is 1. The van der Waals surface area contributed by atoms with E-state index in [9.17, 15) is 40.5 Å². The molecule has 386 valence electrons. The maximum Gasteiger partial charge on any atom is 0.249 e. The third-order valence-corrected chi connectivity index (χ3v) is 13.6. The van der Waals surface area contributed by atoms with E-state index >= 15 is 0 Å². The van der Waals surface area contributed by atoms with Gasteiger partial charge in [-0.3, -0.25) is 4.79 Å². The summed E-state index contributed by atoms with van der Waals surface area (Å²) in [5.74, 6) is -0.695. The summed E-state index contributed by atoms with van der Waals surface area (Å²) in [6.07, 6.45) is 38.6. The van der Waals surface area contributed by atoms with Crippen molar-refractivity contribution >= 4 is 5.91 Å². The second kappa shape index (κ2) is 44.1. The van der Waals surface area contributed by atoms with Crippen LogP contribution in [0, 0.1) is 0 Å². The Morgan fingerprint density at radius 3 is 1.29 bits per heavy atom. The molecule has 1 fully saturated rings. The molecule has 0 spiro atoms. The van der Waals surface area contributed by atoms with Gasteiger partial charge in [0.15, 0.2) is 6.29 Å². The molecule has 1 heterocycles. The van der Waals surface area contributed by atoms with Gasteiger partial charge in [-0.15, -0.1) is 0 Å². The van der Waals surface area contributed by atoms with E-state index in [0.29, 0.717) is 19.3 Å². The molecule has 0 aliphatic carbocycles. The highest BCUT2D eigenvalue weighted by Crippen LogP contribution is 2.23. The molecule has 65 heavy (non-hydrogen) atoms. The summed E-state index contributed by atoms with van der Waals surface area (Å²) >= 11 is 0. The number of hydrogen-bond acceptors (Lipinski definition) is 10. The zero-order chi connectivity index (χ0) is 47.6. The van der Waals surface area contributed by atoms with E-state index in [1.807, 2.05) is 0 Å². The Morgan fingerprint density at radius 2 is 0.892 bits per heavy atom. The van der Waals surface area contributed by atoms with Gasteiger partial charge in [-0.05, 0) is 38.5 Å². The monoisotopic (exact) mass is 928 g/mol. The van der Waals surface area contributed by atoms with Crippen molar-refractivity contribution in [1.29, 1.82) is 0 Å². The van der Waals surface area contributed by atoms with Gasteiger partial charge in [0.25, 0.3) is 0 Å². The molecule has 0 aromatic rings. The lowest BCUT2D eigenvalue weighted by Crippen LogP contribution is -2.60. The topological polar surface area (TPSA) is 189 Å². The first-order valence-corrected chi connectivity index (χ1v) is 27.6. The number of aliphatic hydroxyl groups is 7. The second-order valence-electron chi connectivity index (χ2n) is 19.7. The lowest BCUT2D eigenvalue weighted by molar-refractivity contribution is -0.303. The number of aliphatic hydroxyl groups excluding tert-OH is 7. The van der Waals surface area contributed by atoms with E-state index in [1.54, 1.807) is 0 Å². The Bertz CT molecular complexity index is 1060. The van der Waals surface area contributed by atoms with E-state index in [2.05, 4.69) is 31.3 Å². The van der Waals surface area contributed by atoms with Crippen molar-refractivity contribution in [1.82, 2.24) is 5.32 Å². The van der Waals surface area contributed by atoms with E-state index in [0.717, 1.165) is 38.5 Å². The highest BCUT2D eigenvalue weighted by Gasteiger charge is 2.44. The van der Waals surface area contributed by atoms with Gasteiger partial charge >= 0.3 is 0 Å². The van der Waals surface area contributed by atoms with Gasteiger partial charge in [-0.2, -0.15) is 0 Å². The molecular weight excluding hydrogens is 823 g/mol. The first-order valence-electron chi connectivity index (χ1n) is 27.6. The number of hydrogen-bond donors (Lipinski definition) is 8. The van der Waals surface area contributed by atoms with Crippen LogP contribution in [0.25, 0.3) is 0 Å². The van der Waals surface area contributed by atoms with Crippen molar-refractivity contribution < 1.29 is 50.0 Å². The molecule has 0 aromatic heterocycles. The largest absolute Gasteiger partial charge is 0.394 e. The minimum atomic E-state index is -1.66. The predicted octanol–water partition coefficient (Wildman–Crippen LogP) is 10.8. The van der Waals surface area contributed by atoms with Crippen LogP contribution in [0.1, 0.15) is 258 Å². The van der Waals surface area contributed by atoms with Crippen LogP contribution in [-0.4, -0.2) is 110 Å². The van der Waals surface area contributed by atoms with Crippen molar-refractivity contribution in [2.75, 3.05) is 13.2 Å². The number of ether oxygens (including phenoxy) is 2. The molecule has 11 nitrogen and oxygen atoms in total. The van der Waals surface area contributed by atoms with Gasteiger partial charge in [0, 0.05) is 0 Å². The number of rotatable bonds is 47. The maximum absolute atomic E-state index is 13.1. The number of allylic oxidation sites excluding steroid dienone is 2. The van der Waals surface area contributed by atoms with Crippen molar-refractivity contribution in [3.63, 3.8) is 0 Å². The SMILES string of the molecule is CCCCCCCCCCCCCC/C=C\CCCCCCCCCCCCCCC(O)C(=O)NC(COC1OC(CO)C(O)C(O)C1O)C(O)C(O)CCCCCCCCCCCC. The van der Waals surface area contributed by atoms with Crippen LogP contribution >= 0.6 is 0 Å². The van der Waals surface area contributed by atoms with Crippen LogP contribution < -0.4 is 5.32 Å². The fourth-order valence-electron chi connectivity index (χ4n) is 9.03. The first kappa shape index (κ1) is 61.9. The second-order valence-corrected chi connectivity index (χ2v) is 19.7. The third-order valence-electron chi connectivity index (χ3n) is 13.6. The van der Waals surface area contributed by atoms with Crippen LogP contribution in [0.5, 0.6) is 0 Å². The summed E-state index contributed by atoms with van der Waals surface area (Å²) in [6, 6.07) is -1.16. The van der Waals surface area contributed by atoms with Crippen molar-refractivity contribution in [3.8, 4) is 0 Å². The summed E-state index contributed by atoms with van der Waals surface area (Å²) in [7, 11) is 0. The Balaban J connectivity index is 2.22. The van der Waals surface area contributed by atoms with E-state index < -0.39 is 74.2 Å². The quantitative estimate of drug-likeness (QED) is 0.0215. The van der Waals surface area contributed by atoms with Crippen molar-refractivity contribution in [2.45, 2.75) is 313 Å². The number of unbranched alkanes of at least 4 members (excludes halogenated alkanes) is 33. The van der Waals surface area contributed by atoms with Crippen molar-refractivity contribution in [2.24, 2.45) is 0 Å². The Labute approximate surface area is 398 Å². The van der Waals surface area contributed by atoms with Gasteiger partial charge in [0.05, 0.1) is 25.4 Å². The number of amides is 1. The summed E-state index contributed by atoms with van der Waals surface area (Å²) in [4.78, 5) is 13.1. The third kappa shape index (κ3) is 33.1. The molecule has 0 aromatic carbocycles. The van der Waals surface area contributed by atoms with Crippen LogP contribution in [0.4, 0.5) is 0 Å². The molecule has 1 aliphatic heterocycles. The van der Waals surface area contributed by atoms with E-state index in [4.69, 9.17) is 9.47 Å². The summed E-state index contributed by atoms with van der Waals surface area (Å²) in [6.45, 7) is 3.44. The minimum Gasteiger partial charge on any atom is -0.394 e. The lowest BCUT2D eigenvalue weighted by Gasteiger charge is -2.40. The molecular formula is C54H105NO10. The molecule has 0 radical (unpaired) electrons. The highest BCUT2D eigenvalue weighted by molar-refractivity contribution is 5.80. The highest BCUT2D eigenvalue weighted by atomic mass is 16.7. The van der Waals surface area contributed by atoms with E-state index in [-0.39, 0.29) is 6.42 Å². The molecule has 1 amide bonds. The first-order chi connectivity index (χ1) is 31.7. The Kier molecular flexibility index (Phi) is 42.0. The van der Waals surface area contributed by atoms with Gasteiger partial charge in [-0.25, -0.2) is 0 Å². The normalized spacial score (nSPS) is 20.9. The van der Waals surface area contributed by atoms with Crippen LogP contribution in [0.15, 0.2) is 12.2 Å². The van der Waals surface area contributed by atoms with Crippen LogP contribution in [0.3, 0.4) is 0 Å². The van der Waals surface area contributed by atoms with Crippen LogP contribution in [0.2, 0.25) is 0 Å². The van der Waals surface area contributed by atoms with E-state index in [1.165, 1.54) is 180 Å². The molecule has 8 N–H and O–H groups in total. The van der Waals surface area contributed by atoms with Gasteiger partial charge in [-0.1, -0.05) is 231 Å². The fourth-order valence-corrected chi connectivity index (χ4v) is 9.03. The average Bonchev–Trinajstić information content (AvgIpc) is 3.31. The average molecular weight is 928 g/mol. The molecule has 1 rings (SSSR count). The molecule has 11 heteroatoms. The minimum absolute atomic E-state index is 0.263. The molecule has 1 saturated heterocycles. The summed E-state index contributed by atoms with van der Waals surface area (Å²) in [5.41, 5.74) is 0. The van der Waals surface area contributed by atoms with Crippen LogP contribution in [-0.2, 0) is 14.3 Å². The molecule has 0 saturated carbocycles. The smallest absolute Gasteiger partial charge is 0.249 e. The Morgan fingerprint density at radius 1 is 0.523 bits per heavy atom. The molecule has 9 atom stereocenters. The zero-order valence-electron chi connectivity index (χ0n) is 42.0. The molecule has 1 aliphatic rings. The molecule has 9 unspecified atom stereocenters. The summed E-state index contributed by atoms with van der Waals surface area (Å²) in [5, 5.41) is 75.8.